The lowest BCUT2D eigenvalue weighted by Crippen LogP contribution is -2.31. The van der Waals surface area contributed by atoms with Gasteiger partial charge in [0.05, 0.1) is 26.2 Å². The highest BCUT2D eigenvalue weighted by atomic mass is 16.6. The summed E-state index contributed by atoms with van der Waals surface area (Å²) >= 11 is 0. The number of hydrogen-bond donors (Lipinski definition) is 1. The predicted molar refractivity (Wildman–Crippen MR) is 104 cm³/mol. The van der Waals surface area contributed by atoms with Crippen LogP contribution in [0.2, 0.25) is 0 Å². The lowest BCUT2D eigenvalue weighted by atomic mass is 9.93. The maximum Gasteiger partial charge on any atom is 0.247 e. The maximum absolute atomic E-state index is 12.7. The third-order valence-electron chi connectivity index (χ3n) is 3.84. The van der Waals surface area contributed by atoms with E-state index >= 15 is 0 Å². The first-order chi connectivity index (χ1) is 13.1. The van der Waals surface area contributed by atoms with E-state index in [1.165, 1.54) is 7.11 Å². The van der Waals surface area contributed by atoms with E-state index in [0.717, 1.165) is 12.0 Å². The second-order valence-corrected chi connectivity index (χ2v) is 5.95. The maximum atomic E-state index is 12.7. The Morgan fingerprint density at radius 1 is 1.15 bits per heavy atom. The number of ketones is 1. The van der Waals surface area contributed by atoms with Crippen molar-refractivity contribution in [2.45, 2.75) is 25.9 Å². The molecule has 1 N–H and O–H groups in total. The summed E-state index contributed by atoms with van der Waals surface area (Å²) in [7, 11) is 1.36. The average Bonchev–Trinajstić information content (AvgIpc) is 2.67. The molecule has 0 heterocycles. The zero-order valence-corrected chi connectivity index (χ0v) is 15.9. The molecule has 0 aromatic heterocycles. The van der Waals surface area contributed by atoms with Crippen molar-refractivity contribution in [1.29, 1.82) is 0 Å². The van der Waals surface area contributed by atoms with Crippen molar-refractivity contribution in [1.82, 2.24) is 5.48 Å². The van der Waals surface area contributed by atoms with Gasteiger partial charge in [-0.3, -0.25) is 14.4 Å². The molecular weight excluding hydrogens is 346 g/mol. The Hall–Kier alpha value is -2.28. The highest BCUT2D eigenvalue weighted by molar-refractivity contribution is 5.99. The van der Waals surface area contributed by atoms with Gasteiger partial charge in [0.15, 0.2) is 5.78 Å². The van der Waals surface area contributed by atoms with Crippen LogP contribution in [0.4, 0.5) is 0 Å². The van der Waals surface area contributed by atoms with E-state index in [9.17, 15) is 9.59 Å². The number of hydroxylamine groups is 1. The number of ether oxygens (including phenoxy) is 2. The van der Waals surface area contributed by atoms with Gasteiger partial charge in [-0.25, -0.2) is 5.48 Å². The summed E-state index contributed by atoms with van der Waals surface area (Å²) in [6, 6.07) is 7.28. The molecule has 6 heteroatoms. The van der Waals surface area contributed by atoms with Crippen LogP contribution in [-0.4, -0.2) is 38.6 Å². The van der Waals surface area contributed by atoms with Crippen molar-refractivity contribution in [2.75, 3.05) is 26.9 Å². The molecule has 1 rings (SSSR count). The molecule has 0 saturated carbocycles. The minimum absolute atomic E-state index is 0.0770. The zero-order chi connectivity index (χ0) is 19.9. The molecule has 0 saturated heterocycles. The molecule has 148 valence electrons. The Bertz CT molecular complexity index is 614. The lowest BCUT2D eigenvalue weighted by Gasteiger charge is -2.15. The topological polar surface area (TPSA) is 73.9 Å². The van der Waals surface area contributed by atoms with Crippen LogP contribution in [0.15, 0.2) is 49.6 Å². The predicted octanol–water partition coefficient (Wildman–Crippen LogP) is 3.24. The van der Waals surface area contributed by atoms with E-state index < -0.39 is 5.92 Å². The number of rotatable bonds is 15. The highest BCUT2D eigenvalue weighted by Crippen LogP contribution is 2.18. The molecule has 1 amide bonds. The van der Waals surface area contributed by atoms with E-state index in [-0.39, 0.29) is 18.1 Å². The Kier molecular flexibility index (Phi) is 11.7. The first kappa shape index (κ1) is 22.8. The Morgan fingerprint density at radius 3 is 2.59 bits per heavy atom. The van der Waals surface area contributed by atoms with E-state index in [0.29, 0.717) is 38.4 Å². The minimum Gasteiger partial charge on any atom is -0.377 e. The van der Waals surface area contributed by atoms with Gasteiger partial charge in [-0.15, -0.1) is 13.2 Å². The van der Waals surface area contributed by atoms with Crippen LogP contribution >= 0.6 is 0 Å². The van der Waals surface area contributed by atoms with Gasteiger partial charge < -0.3 is 9.47 Å². The number of Topliss-reactive ketones (excluding diaryl/α,β-unsaturated/α-hetero) is 1. The normalized spacial score (nSPS) is 11.6. The van der Waals surface area contributed by atoms with Gasteiger partial charge in [-0.1, -0.05) is 36.4 Å². The Balaban J connectivity index is 2.62. The largest absolute Gasteiger partial charge is 0.377 e. The summed E-state index contributed by atoms with van der Waals surface area (Å²) in [5.74, 6) is -0.966. The molecule has 0 spiro atoms. The minimum atomic E-state index is -0.522. The molecule has 0 radical (unpaired) electrons. The third kappa shape index (κ3) is 8.77. The lowest BCUT2D eigenvalue weighted by molar-refractivity contribution is -0.135. The van der Waals surface area contributed by atoms with Crippen molar-refractivity contribution in [3.8, 4) is 0 Å². The van der Waals surface area contributed by atoms with E-state index in [1.54, 1.807) is 24.3 Å². The Morgan fingerprint density at radius 2 is 1.89 bits per heavy atom. The van der Waals surface area contributed by atoms with Crippen LogP contribution < -0.4 is 5.48 Å². The summed E-state index contributed by atoms with van der Waals surface area (Å²) in [5.41, 5.74) is 3.66. The number of benzene rings is 1. The van der Waals surface area contributed by atoms with Gasteiger partial charge in [0.25, 0.3) is 0 Å². The summed E-state index contributed by atoms with van der Waals surface area (Å²) in [4.78, 5) is 29.4. The molecule has 27 heavy (non-hydrogen) atoms. The fraction of sp³-hybridized carbons (Fsp3) is 0.429. The number of hydrogen-bond acceptors (Lipinski definition) is 5. The molecule has 0 aliphatic heterocycles. The molecule has 1 aromatic rings. The van der Waals surface area contributed by atoms with Crippen LogP contribution in [0.3, 0.4) is 0 Å². The first-order valence-corrected chi connectivity index (χ1v) is 8.95. The second-order valence-electron chi connectivity index (χ2n) is 5.95. The van der Waals surface area contributed by atoms with Crippen molar-refractivity contribution < 1.29 is 23.9 Å². The van der Waals surface area contributed by atoms with E-state index in [1.807, 2.05) is 12.1 Å². The number of nitrogens with one attached hydrogen (secondary N) is 1. The van der Waals surface area contributed by atoms with Crippen LogP contribution in [0.5, 0.6) is 0 Å². The molecule has 0 fully saturated rings. The SMILES string of the molecule is C=CCOCCCOCc1ccccc1C(=O)C[C@@H](CC=C)C(=O)NOC. The molecule has 0 aliphatic rings. The first-order valence-electron chi connectivity index (χ1n) is 8.95. The summed E-state index contributed by atoms with van der Waals surface area (Å²) in [6.45, 7) is 9.24. The zero-order valence-electron chi connectivity index (χ0n) is 15.9. The average molecular weight is 375 g/mol. The molecule has 0 aliphatic carbocycles. The molecular formula is C21H29NO5. The molecule has 1 aromatic carbocycles. The van der Waals surface area contributed by atoms with Gasteiger partial charge >= 0.3 is 0 Å². The summed E-state index contributed by atoms with van der Waals surface area (Å²) in [5, 5.41) is 0. The van der Waals surface area contributed by atoms with Crippen molar-refractivity contribution in [2.24, 2.45) is 5.92 Å². The highest BCUT2D eigenvalue weighted by Gasteiger charge is 2.22. The number of amides is 1. The van der Waals surface area contributed by atoms with Gasteiger partial charge in [0, 0.05) is 25.2 Å². The smallest absolute Gasteiger partial charge is 0.247 e. The summed E-state index contributed by atoms with van der Waals surface area (Å²) in [6.07, 6.45) is 4.56. The van der Waals surface area contributed by atoms with Gasteiger partial charge in [-0.2, -0.15) is 0 Å². The van der Waals surface area contributed by atoms with Crippen LogP contribution in [0, 0.1) is 5.92 Å². The van der Waals surface area contributed by atoms with Crippen LogP contribution in [-0.2, 0) is 25.7 Å². The fourth-order valence-electron chi connectivity index (χ4n) is 2.53. The second kappa shape index (κ2) is 13.9. The molecule has 0 bridgehead atoms. The number of carbonyl (C=O) groups is 2. The van der Waals surface area contributed by atoms with Gasteiger partial charge in [-0.05, 0) is 18.4 Å². The molecule has 6 nitrogen and oxygen atoms in total. The van der Waals surface area contributed by atoms with Crippen molar-refractivity contribution >= 4 is 11.7 Å². The standard InChI is InChI=1S/C21H29NO5/c1-4-9-17(21(24)22-25-3)15-20(23)19-11-7-6-10-18(19)16-27-14-8-13-26-12-5-2/h4-7,10-11,17H,1-2,8-9,12-16H2,3H3,(H,22,24)/t17-/m1/s1. The van der Waals surface area contributed by atoms with E-state index in [4.69, 9.17) is 9.47 Å². The molecule has 0 unspecified atom stereocenters. The van der Waals surface area contributed by atoms with Gasteiger partial charge in [0.1, 0.15) is 0 Å². The van der Waals surface area contributed by atoms with Crippen molar-refractivity contribution in [3.05, 3.63) is 60.7 Å². The van der Waals surface area contributed by atoms with E-state index in [2.05, 4.69) is 23.5 Å². The van der Waals surface area contributed by atoms with Crippen LogP contribution in [0.25, 0.3) is 0 Å². The third-order valence-corrected chi connectivity index (χ3v) is 3.84. The monoisotopic (exact) mass is 375 g/mol. The summed E-state index contributed by atoms with van der Waals surface area (Å²) < 4.78 is 11.0. The number of carbonyl (C=O) groups excluding carboxylic acids is 2. The van der Waals surface area contributed by atoms with Gasteiger partial charge in [0.2, 0.25) is 5.91 Å². The Labute approximate surface area is 161 Å². The quantitative estimate of drug-likeness (QED) is 0.220. The van der Waals surface area contributed by atoms with Crippen molar-refractivity contribution in [3.63, 3.8) is 0 Å². The molecule has 1 atom stereocenters. The number of allylic oxidation sites excluding steroid dienone is 1. The van der Waals surface area contributed by atoms with Crippen LogP contribution in [0.1, 0.15) is 35.2 Å². The fourth-order valence-corrected chi connectivity index (χ4v) is 2.53.